The number of rotatable bonds is 7. The minimum absolute atomic E-state index is 0.0752. The third-order valence-electron chi connectivity index (χ3n) is 4.98. The number of amides is 1. The van der Waals surface area contributed by atoms with E-state index in [1.807, 2.05) is 55.5 Å². The molecule has 32 heavy (non-hydrogen) atoms. The molecule has 0 fully saturated rings. The molecule has 0 saturated heterocycles. The quantitative estimate of drug-likeness (QED) is 0.397. The summed E-state index contributed by atoms with van der Waals surface area (Å²) in [6, 6.07) is 21.4. The maximum Gasteiger partial charge on any atom is 0.244 e. The number of ether oxygens (including phenoxy) is 1. The molecule has 0 spiro atoms. The van der Waals surface area contributed by atoms with Gasteiger partial charge in [-0.2, -0.15) is 0 Å². The number of aromatic nitrogens is 1. The number of fused-ring (bicyclic) bond motifs is 1. The third-order valence-corrected chi connectivity index (χ3v) is 7.64. The minimum atomic E-state index is -3.84. The Balaban J connectivity index is 1.67. The van der Waals surface area contributed by atoms with Crippen molar-refractivity contribution in [3.05, 3.63) is 83.9 Å². The summed E-state index contributed by atoms with van der Waals surface area (Å²) in [4.78, 5) is 19.4. The monoisotopic (exact) mass is 466 g/mol. The van der Waals surface area contributed by atoms with Crippen LogP contribution in [0.5, 0.6) is 5.75 Å². The molecule has 0 aliphatic heterocycles. The Kier molecular flexibility index (Phi) is 6.25. The Hall–Kier alpha value is -3.23. The zero-order valence-electron chi connectivity index (χ0n) is 17.7. The lowest BCUT2D eigenvalue weighted by Gasteiger charge is -2.20. The van der Waals surface area contributed by atoms with Gasteiger partial charge < -0.3 is 4.74 Å². The van der Waals surface area contributed by atoms with E-state index in [0.717, 1.165) is 21.3 Å². The summed E-state index contributed by atoms with van der Waals surface area (Å²) in [5.74, 6) is -0.632. The Morgan fingerprint density at radius 1 is 1.03 bits per heavy atom. The number of aryl methyl sites for hydroxylation is 1. The van der Waals surface area contributed by atoms with Crippen molar-refractivity contribution in [2.75, 3.05) is 17.8 Å². The largest absolute Gasteiger partial charge is 0.497 e. The molecule has 4 aromatic rings. The normalized spacial score (nSPS) is 11.4. The summed E-state index contributed by atoms with van der Waals surface area (Å²) in [6.07, 6.45) is 0. The number of nitrogens with zero attached hydrogens (tertiary/aromatic N) is 2. The number of sulfone groups is 1. The lowest BCUT2D eigenvalue weighted by molar-refractivity contribution is -0.116. The molecule has 1 heterocycles. The van der Waals surface area contributed by atoms with Crippen molar-refractivity contribution >= 4 is 42.4 Å². The molecular formula is C24H22N2O4S2. The van der Waals surface area contributed by atoms with Gasteiger partial charge in [-0.15, -0.1) is 0 Å². The molecule has 1 amide bonds. The van der Waals surface area contributed by atoms with E-state index in [-0.39, 0.29) is 11.4 Å². The van der Waals surface area contributed by atoms with Gasteiger partial charge in [0, 0.05) is 0 Å². The summed E-state index contributed by atoms with van der Waals surface area (Å²) in [5, 5.41) is 0.476. The van der Waals surface area contributed by atoms with Crippen LogP contribution in [0.3, 0.4) is 0 Å². The van der Waals surface area contributed by atoms with E-state index in [0.29, 0.717) is 10.9 Å². The fourth-order valence-electron chi connectivity index (χ4n) is 3.27. The summed E-state index contributed by atoms with van der Waals surface area (Å²) < 4.78 is 31.9. The second-order valence-electron chi connectivity index (χ2n) is 7.37. The van der Waals surface area contributed by atoms with Gasteiger partial charge in [-0.1, -0.05) is 47.7 Å². The molecular weight excluding hydrogens is 444 g/mol. The van der Waals surface area contributed by atoms with Crippen LogP contribution in [0.15, 0.2) is 77.7 Å². The van der Waals surface area contributed by atoms with Crippen molar-refractivity contribution in [3.63, 3.8) is 0 Å². The fourth-order valence-corrected chi connectivity index (χ4v) is 5.55. The molecule has 6 nitrogen and oxygen atoms in total. The van der Waals surface area contributed by atoms with Gasteiger partial charge in [0.05, 0.1) is 28.8 Å². The molecule has 0 N–H and O–H groups in total. The van der Waals surface area contributed by atoms with E-state index in [4.69, 9.17) is 4.74 Å². The van der Waals surface area contributed by atoms with Crippen LogP contribution >= 0.6 is 11.3 Å². The van der Waals surface area contributed by atoms with Crippen molar-refractivity contribution in [2.45, 2.75) is 18.4 Å². The number of hydrogen-bond acceptors (Lipinski definition) is 6. The third kappa shape index (κ3) is 4.81. The molecule has 164 valence electrons. The number of carbonyl (C=O) groups excluding carboxylic acids is 1. The maximum atomic E-state index is 13.3. The van der Waals surface area contributed by atoms with Crippen LogP contribution in [0.2, 0.25) is 0 Å². The van der Waals surface area contributed by atoms with Gasteiger partial charge in [0.25, 0.3) is 0 Å². The molecule has 0 radical (unpaired) electrons. The van der Waals surface area contributed by atoms with E-state index in [9.17, 15) is 13.2 Å². The average molecular weight is 467 g/mol. The van der Waals surface area contributed by atoms with E-state index in [2.05, 4.69) is 4.98 Å². The maximum absolute atomic E-state index is 13.3. The van der Waals surface area contributed by atoms with Gasteiger partial charge in [-0.3, -0.25) is 9.69 Å². The van der Waals surface area contributed by atoms with Gasteiger partial charge in [-0.25, -0.2) is 13.4 Å². The molecule has 0 unspecified atom stereocenters. The zero-order chi connectivity index (χ0) is 22.7. The Morgan fingerprint density at radius 3 is 2.44 bits per heavy atom. The Labute approximate surface area is 191 Å². The summed E-state index contributed by atoms with van der Waals surface area (Å²) in [7, 11) is -2.33. The highest BCUT2D eigenvalue weighted by Crippen LogP contribution is 2.31. The minimum Gasteiger partial charge on any atom is -0.497 e. The Bertz CT molecular complexity index is 1350. The van der Waals surface area contributed by atoms with E-state index >= 15 is 0 Å². The van der Waals surface area contributed by atoms with Crippen molar-refractivity contribution in [1.82, 2.24) is 4.98 Å². The van der Waals surface area contributed by atoms with E-state index in [1.54, 1.807) is 12.1 Å². The standard InChI is InChI=1S/C24H22N2O4S2/c1-17-8-13-21-22(14-17)31-24(25-21)26(15-18-6-4-3-5-7-18)23(27)16-32(28,29)20-11-9-19(30-2)10-12-20/h3-14H,15-16H2,1-2H3. The fraction of sp³-hybridized carbons (Fsp3) is 0.167. The summed E-state index contributed by atoms with van der Waals surface area (Å²) >= 11 is 1.38. The van der Waals surface area contributed by atoms with Crippen molar-refractivity contribution in [2.24, 2.45) is 0 Å². The first-order chi connectivity index (χ1) is 15.4. The molecule has 1 aromatic heterocycles. The smallest absolute Gasteiger partial charge is 0.244 e. The van der Waals surface area contributed by atoms with Crippen LogP contribution in [-0.2, 0) is 21.2 Å². The second kappa shape index (κ2) is 9.10. The van der Waals surface area contributed by atoms with E-state index in [1.165, 1.54) is 35.5 Å². The number of benzene rings is 3. The van der Waals surface area contributed by atoms with Crippen LogP contribution in [-0.4, -0.2) is 32.2 Å². The van der Waals surface area contributed by atoms with Crippen LogP contribution in [0, 0.1) is 6.92 Å². The van der Waals surface area contributed by atoms with Gasteiger partial charge in [-0.05, 0) is 54.4 Å². The number of anilines is 1. The molecule has 0 saturated carbocycles. The predicted octanol–water partition coefficient (Wildman–Crippen LogP) is 4.62. The highest BCUT2D eigenvalue weighted by molar-refractivity contribution is 7.92. The number of carbonyl (C=O) groups is 1. The number of methoxy groups -OCH3 is 1. The van der Waals surface area contributed by atoms with E-state index < -0.39 is 21.5 Å². The predicted molar refractivity (Wildman–Crippen MR) is 127 cm³/mol. The molecule has 3 aromatic carbocycles. The van der Waals surface area contributed by atoms with Crippen molar-refractivity contribution < 1.29 is 17.9 Å². The SMILES string of the molecule is COc1ccc(S(=O)(=O)CC(=O)N(Cc2ccccc2)c2nc3ccc(C)cc3s2)cc1. The number of hydrogen-bond donors (Lipinski definition) is 0. The molecule has 8 heteroatoms. The topological polar surface area (TPSA) is 76.6 Å². The average Bonchev–Trinajstić information content (AvgIpc) is 3.20. The van der Waals surface area contributed by atoms with Crippen LogP contribution in [0.1, 0.15) is 11.1 Å². The zero-order valence-corrected chi connectivity index (χ0v) is 19.3. The molecule has 0 aliphatic carbocycles. The molecule has 0 bridgehead atoms. The van der Waals surface area contributed by atoms with Crippen LogP contribution < -0.4 is 9.64 Å². The van der Waals surface area contributed by atoms with Gasteiger partial charge in [0.1, 0.15) is 11.5 Å². The lowest BCUT2D eigenvalue weighted by Crippen LogP contribution is -2.35. The second-order valence-corrected chi connectivity index (χ2v) is 10.4. The first kappa shape index (κ1) is 22.0. The van der Waals surface area contributed by atoms with Crippen molar-refractivity contribution in [1.29, 1.82) is 0 Å². The summed E-state index contributed by atoms with van der Waals surface area (Å²) in [6.45, 7) is 2.23. The highest BCUT2D eigenvalue weighted by atomic mass is 32.2. The van der Waals surface area contributed by atoms with Crippen LogP contribution in [0.4, 0.5) is 5.13 Å². The van der Waals surface area contributed by atoms with Crippen LogP contribution in [0.25, 0.3) is 10.2 Å². The first-order valence-electron chi connectivity index (χ1n) is 9.94. The first-order valence-corrected chi connectivity index (χ1v) is 12.4. The molecule has 0 aliphatic rings. The number of thiazole rings is 1. The molecule has 0 atom stereocenters. The van der Waals surface area contributed by atoms with Gasteiger partial charge >= 0.3 is 0 Å². The molecule has 4 rings (SSSR count). The van der Waals surface area contributed by atoms with Gasteiger partial charge in [0.15, 0.2) is 15.0 Å². The summed E-state index contributed by atoms with van der Waals surface area (Å²) in [5.41, 5.74) is 2.76. The van der Waals surface area contributed by atoms with Crippen molar-refractivity contribution in [3.8, 4) is 5.75 Å². The Morgan fingerprint density at radius 2 is 1.75 bits per heavy atom. The van der Waals surface area contributed by atoms with Gasteiger partial charge in [0.2, 0.25) is 5.91 Å². The lowest BCUT2D eigenvalue weighted by atomic mass is 10.2. The highest BCUT2D eigenvalue weighted by Gasteiger charge is 2.27.